The van der Waals surface area contributed by atoms with Gasteiger partial charge in [0.05, 0.1) is 6.61 Å². The molecule has 1 aliphatic rings. The van der Waals surface area contributed by atoms with Crippen LogP contribution < -0.4 is 0 Å². The molecule has 0 saturated carbocycles. The third-order valence-electron chi connectivity index (χ3n) is 3.16. The Labute approximate surface area is 119 Å². The second kappa shape index (κ2) is 5.90. The number of phenolic OH excluding ortho intramolecular Hbond substituents is 1. The molecule has 1 aliphatic heterocycles. The van der Waals surface area contributed by atoms with E-state index in [1.54, 1.807) is 0 Å². The van der Waals surface area contributed by atoms with Crippen LogP contribution in [-0.4, -0.2) is 46.9 Å². The lowest BCUT2D eigenvalue weighted by Gasteiger charge is -2.31. The zero-order chi connectivity index (χ0) is 14.0. The van der Waals surface area contributed by atoms with Crippen LogP contribution in [0.4, 0.5) is 0 Å². The van der Waals surface area contributed by atoms with Crippen LogP contribution in [0.3, 0.4) is 0 Å². The maximum atomic E-state index is 10.9. The van der Waals surface area contributed by atoms with E-state index < -0.39 is 12.1 Å². The van der Waals surface area contributed by atoms with Crippen molar-refractivity contribution in [1.29, 1.82) is 0 Å². The second-order valence-corrected chi connectivity index (χ2v) is 5.58. The lowest BCUT2D eigenvalue weighted by Crippen LogP contribution is -2.45. The Hall–Kier alpha value is -1.11. The first-order valence-electron chi connectivity index (χ1n) is 6.02. The molecule has 2 N–H and O–H groups in total. The van der Waals surface area contributed by atoms with E-state index >= 15 is 0 Å². The molecule has 1 aromatic carbocycles. The van der Waals surface area contributed by atoms with Crippen LogP contribution in [0.2, 0.25) is 0 Å². The average molecular weight is 330 g/mol. The minimum Gasteiger partial charge on any atom is -0.507 e. The summed E-state index contributed by atoms with van der Waals surface area (Å²) in [5, 5.41) is 19.0. The van der Waals surface area contributed by atoms with E-state index in [1.165, 1.54) is 0 Å². The van der Waals surface area contributed by atoms with Gasteiger partial charge >= 0.3 is 5.97 Å². The Bertz CT molecular complexity index is 492. The van der Waals surface area contributed by atoms with Crippen molar-refractivity contribution in [2.45, 2.75) is 19.6 Å². The lowest BCUT2D eigenvalue weighted by molar-refractivity contribution is -0.156. The third-order valence-corrected chi connectivity index (χ3v) is 3.62. The summed E-state index contributed by atoms with van der Waals surface area (Å²) < 4.78 is 6.08. The van der Waals surface area contributed by atoms with Crippen LogP contribution >= 0.6 is 15.9 Å². The number of carbonyl (C=O) groups is 1. The Morgan fingerprint density at radius 3 is 3.00 bits per heavy atom. The van der Waals surface area contributed by atoms with Crippen molar-refractivity contribution >= 4 is 21.9 Å². The fourth-order valence-corrected chi connectivity index (χ4v) is 2.78. The summed E-state index contributed by atoms with van der Waals surface area (Å²) in [5.74, 6) is -0.680. The Morgan fingerprint density at radius 1 is 1.58 bits per heavy atom. The Balaban J connectivity index is 2.11. The number of benzene rings is 1. The van der Waals surface area contributed by atoms with E-state index in [4.69, 9.17) is 9.84 Å². The minimum absolute atomic E-state index is 0.265. The largest absolute Gasteiger partial charge is 0.507 e. The van der Waals surface area contributed by atoms with Gasteiger partial charge in [0, 0.05) is 29.7 Å². The molecule has 2 rings (SSSR count). The molecule has 0 aliphatic carbocycles. The molecule has 0 radical (unpaired) electrons. The highest BCUT2D eigenvalue weighted by Crippen LogP contribution is 2.28. The van der Waals surface area contributed by atoms with Gasteiger partial charge in [-0.1, -0.05) is 15.9 Å². The van der Waals surface area contributed by atoms with Crippen molar-refractivity contribution in [2.24, 2.45) is 0 Å². The molecule has 1 fully saturated rings. The maximum absolute atomic E-state index is 10.9. The van der Waals surface area contributed by atoms with E-state index in [1.807, 2.05) is 24.0 Å². The molecule has 0 aromatic heterocycles. The first-order valence-corrected chi connectivity index (χ1v) is 6.81. The zero-order valence-electron chi connectivity index (χ0n) is 10.6. The van der Waals surface area contributed by atoms with Crippen molar-refractivity contribution in [1.82, 2.24) is 4.90 Å². The number of rotatable bonds is 3. The van der Waals surface area contributed by atoms with Crippen molar-refractivity contribution in [3.05, 3.63) is 27.7 Å². The van der Waals surface area contributed by atoms with Crippen LogP contribution in [0.5, 0.6) is 5.75 Å². The number of hydrogen-bond acceptors (Lipinski definition) is 4. The van der Waals surface area contributed by atoms with Crippen molar-refractivity contribution < 1.29 is 19.7 Å². The van der Waals surface area contributed by atoms with E-state index in [0.717, 1.165) is 15.6 Å². The number of halogens is 1. The first kappa shape index (κ1) is 14.3. The van der Waals surface area contributed by atoms with Gasteiger partial charge in [-0.05, 0) is 24.6 Å². The summed E-state index contributed by atoms with van der Waals surface area (Å²) in [6, 6.07) is 3.70. The van der Waals surface area contributed by atoms with Gasteiger partial charge in [0.25, 0.3) is 0 Å². The van der Waals surface area contributed by atoms with E-state index in [2.05, 4.69) is 15.9 Å². The molecule has 1 heterocycles. The molecule has 104 valence electrons. The monoisotopic (exact) mass is 329 g/mol. The molecule has 19 heavy (non-hydrogen) atoms. The Morgan fingerprint density at radius 2 is 2.32 bits per heavy atom. The second-order valence-electron chi connectivity index (χ2n) is 4.66. The number of phenols is 1. The number of morpholine rings is 1. The van der Waals surface area contributed by atoms with Gasteiger partial charge in [-0.3, -0.25) is 4.90 Å². The summed E-state index contributed by atoms with van der Waals surface area (Å²) in [6.07, 6.45) is -0.788. The van der Waals surface area contributed by atoms with Crippen LogP contribution in [0.1, 0.15) is 11.1 Å². The molecule has 1 saturated heterocycles. The number of carboxylic acid groups (broad SMARTS) is 1. The van der Waals surface area contributed by atoms with Crippen molar-refractivity contribution in [2.75, 3.05) is 19.7 Å². The van der Waals surface area contributed by atoms with Gasteiger partial charge in [0.15, 0.2) is 6.10 Å². The van der Waals surface area contributed by atoms with Gasteiger partial charge in [-0.2, -0.15) is 0 Å². The predicted molar refractivity (Wildman–Crippen MR) is 73.2 cm³/mol. The number of aliphatic carboxylic acids is 1. The summed E-state index contributed by atoms with van der Waals surface area (Å²) in [6.45, 7) is 3.74. The number of nitrogens with zero attached hydrogens (tertiary/aromatic N) is 1. The molecular weight excluding hydrogens is 314 g/mol. The normalized spacial score (nSPS) is 20.4. The fourth-order valence-electron chi connectivity index (χ4n) is 2.16. The fraction of sp³-hybridized carbons (Fsp3) is 0.462. The lowest BCUT2D eigenvalue weighted by atomic mass is 10.1. The first-order chi connectivity index (χ1) is 8.97. The molecule has 0 amide bonds. The van der Waals surface area contributed by atoms with Crippen molar-refractivity contribution in [3.8, 4) is 5.75 Å². The third kappa shape index (κ3) is 3.46. The van der Waals surface area contributed by atoms with Crippen molar-refractivity contribution in [3.63, 3.8) is 0 Å². The van der Waals surface area contributed by atoms with E-state index in [0.29, 0.717) is 26.2 Å². The quantitative estimate of drug-likeness (QED) is 0.884. The number of aryl methyl sites for hydroxylation is 1. The molecule has 1 aromatic rings. The van der Waals surface area contributed by atoms with Gasteiger partial charge in [-0.15, -0.1) is 0 Å². The van der Waals surface area contributed by atoms with Crippen LogP contribution in [0.25, 0.3) is 0 Å². The molecule has 0 spiro atoms. The number of ether oxygens (including phenoxy) is 1. The van der Waals surface area contributed by atoms with Crippen LogP contribution in [0.15, 0.2) is 16.6 Å². The van der Waals surface area contributed by atoms with E-state index in [-0.39, 0.29) is 5.75 Å². The molecular formula is C13H16BrNO4. The highest BCUT2D eigenvalue weighted by atomic mass is 79.9. The van der Waals surface area contributed by atoms with Crippen LogP contribution in [0, 0.1) is 6.92 Å². The SMILES string of the molecule is Cc1cc(Br)cc(CN2CCOC(C(=O)O)C2)c1O. The number of hydrogen-bond donors (Lipinski definition) is 2. The summed E-state index contributed by atoms with van der Waals surface area (Å²) >= 11 is 3.40. The molecule has 5 nitrogen and oxygen atoms in total. The van der Waals surface area contributed by atoms with Gasteiger partial charge in [-0.25, -0.2) is 4.79 Å². The van der Waals surface area contributed by atoms with Crippen LogP contribution in [-0.2, 0) is 16.1 Å². The molecule has 6 heteroatoms. The number of aromatic hydroxyl groups is 1. The number of carboxylic acids is 1. The maximum Gasteiger partial charge on any atom is 0.334 e. The van der Waals surface area contributed by atoms with Gasteiger partial charge < -0.3 is 14.9 Å². The smallest absolute Gasteiger partial charge is 0.334 e. The molecule has 0 bridgehead atoms. The summed E-state index contributed by atoms with van der Waals surface area (Å²) in [7, 11) is 0. The standard InChI is InChI=1S/C13H16BrNO4/c1-8-4-10(14)5-9(12(8)16)6-15-2-3-19-11(7-15)13(17)18/h4-5,11,16H,2-3,6-7H2,1H3,(H,17,18). The summed E-state index contributed by atoms with van der Waals surface area (Å²) in [5.41, 5.74) is 1.59. The Kier molecular flexibility index (Phi) is 4.44. The molecule has 1 unspecified atom stereocenters. The highest BCUT2D eigenvalue weighted by molar-refractivity contribution is 9.10. The highest BCUT2D eigenvalue weighted by Gasteiger charge is 2.26. The zero-order valence-corrected chi connectivity index (χ0v) is 12.2. The molecule has 1 atom stereocenters. The van der Waals surface area contributed by atoms with Gasteiger partial charge in [0.1, 0.15) is 5.75 Å². The topological polar surface area (TPSA) is 70.0 Å². The van der Waals surface area contributed by atoms with E-state index in [9.17, 15) is 9.90 Å². The minimum atomic E-state index is -0.945. The van der Waals surface area contributed by atoms with Gasteiger partial charge in [0.2, 0.25) is 0 Å². The average Bonchev–Trinajstić information content (AvgIpc) is 2.35. The predicted octanol–water partition coefficient (Wildman–Crippen LogP) is 1.75. The summed E-state index contributed by atoms with van der Waals surface area (Å²) in [4.78, 5) is 12.9.